The van der Waals surface area contributed by atoms with Crippen LogP contribution in [0.3, 0.4) is 0 Å². The van der Waals surface area contributed by atoms with E-state index < -0.39 is 0 Å². The van der Waals surface area contributed by atoms with Crippen molar-refractivity contribution in [1.82, 2.24) is 9.80 Å². The standard InChI is InChI=1S/C19H20N2O3S/c22-17-14-25-19(21(17)13-15-5-2-1-3-6-15)8-10-20(11-9-19)18(23)16-7-4-12-24-16/h1-7,12H,8-11,13-14H2. The SMILES string of the molecule is O=C(c1ccco1)N1CCC2(CC1)SCC(=O)N2Cc1ccccc1. The van der Waals surface area contributed by atoms with E-state index >= 15 is 0 Å². The minimum Gasteiger partial charge on any atom is -0.459 e. The Kier molecular flexibility index (Phi) is 4.29. The summed E-state index contributed by atoms with van der Waals surface area (Å²) in [6.07, 6.45) is 3.11. The molecule has 25 heavy (non-hydrogen) atoms. The van der Waals surface area contributed by atoms with Crippen molar-refractivity contribution in [3.8, 4) is 0 Å². The number of hydrogen-bond acceptors (Lipinski definition) is 4. The molecule has 130 valence electrons. The maximum absolute atomic E-state index is 12.5. The van der Waals surface area contributed by atoms with Crippen LogP contribution in [0.2, 0.25) is 0 Å². The van der Waals surface area contributed by atoms with Crippen molar-refractivity contribution in [3.63, 3.8) is 0 Å². The van der Waals surface area contributed by atoms with E-state index in [2.05, 4.69) is 12.1 Å². The molecular formula is C19H20N2O3S. The van der Waals surface area contributed by atoms with Gasteiger partial charge in [0.1, 0.15) is 0 Å². The summed E-state index contributed by atoms with van der Waals surface area (Å²) in [5, 5.41) is 0. The second kappa shape index (κ2) is 6.59. The van der Waals surface area contributed by atoms with Gasteiger partial charge in [0.15, 0.2) is 5.76 Å². The number of likely N-dealkylation sites (tertiary alicyclic amines) is 1. The zero-order chi connectivity index (χ0) is 17.3. The Morgan fingerprint density at radius 2 is 1.88 bits per heavy atom. The molecule has 0 atom stereocenters. The van der Waals surface area contributed by atoms with Crippen LogP contribution in [0, 0.1) is 0 Å². The van der Waals surface area contributed by atoms with E-state index in [0.29, 0.717) is 31.1 Å². The smallest absolute Gasteiger partial charge is 0.289 e. The highest BCUT2D eigenvalue weighted by molar-refractivity contribution is 8.01. The van der Waals surface area contributed by atoms with Gasteiger partial charge in [-0.1, -0.05) is 30.3 Å². The topological polar surface area (TPSA) is 53.8 Å². The molecule has 0 aliphatic carbocycles. The van der Waals surface area contributed by atoms with Gasteiger partial charge in [0.05, 0.1) is 16.9 Å². The third-order valence-corrected chi connectivity index (χ3v) is 6.56. The minimum absolute atomic E-state index is 0.0659. The fourth-order valence-corrected chi connectivity index (χ4v) is 4.95. The fraction of sp³-hybridized carbons (Fsp3) is 0.368. The number of hydrogen-bond donors (Lipinski definition) is 0. The summed E-state index contributed by atoms with van der Waals surface area (Å²) >= 11 is 1.73. The largest absolute Gasteiger partial charge is 0.459 e. The Morgan fingerprint density at radius 3 is 2.56 bits per heavy atom. The average Bonchev–Trinajstić information content (AvgIpc) is 3.28. The minimum atomic E-state index is -0.188. The predicted octanol–water partition coefficient (Wildman–Crippen LogP) is 2.99. The number of nitrogens with zero attached hydrogens (tertiary/aromatic N) is 2. The van der Waals surface area contributed by atoms with Crippen LogP contribution in [0.25, 0.3) is 0 Å². The zero-order valence-corrected chi connectivity index (χ0v) is 14.7. The third kappa shape index (κ3) is 3.06. The van der Waals surface area contributed by atoms with Crippen molar-refractivity contribution in [2.45, 2.75) is 24.3 Å². The molecule has 0 bridgehead atoms. The molecule has 1 aromatic heterocycles. The van der Waals surface area contributed by atoms with Crippen LogP contribution in [0.5, 0.6) is 0 Å². The van der Waals surface area contributed by atoms with Gasteiger partial charge in [-0.2, -0.15) is 0 Å². The molecule has 1 spiro atoms. The number of carbonyl (C=O) groups is 2. The molecule has 0 unspecified atom stereocenters. The molecule has 4 rings (SSSR count). The van der Waals surface area contributed by atoms with E-state index in [-0.39, 0.29) is 16.7 Å². The van der Waals surface area contributed by atoms with Gasteiger partial charge in [-0.25, -0.2) is 0 Å². The first-order valence-electron chi connectivity index (χ1n) is 8.49. The molecule has 2 fully saturated rings. The van der Waals surface area contributed by atoms with Crippen molar-refractivity contribution in [3.05, 3.63) is 60.1 Å². The van der Waals surface area contributed by atoms with Gasteiger partial charge in [-0.05, 0) is 30.5 Å². The van der Waals surface area contributed by atoms with E-state index in [9.17, 15) is 9.59 Å². The van der Waals surface area contributed by atoms with Crippen molar-refractivity contribution >= 4 is 23.6 Å². The first-order valence-corrected chi connectivity index (χ1v) is 9.48. The lowest BCUT2D eigenvalue weighted by Crippen LogP contribution is -2.52. The quantitative estimate of drug-likeness (QED) is 0.848. The maximum atomic E-state index is 12.5. The molecule has 0 saturated carbocycles. The summed E-state index contributed by atoms with van der Waals surface area (Å²) in [5.74, 6) is 1.04. The molecular weight excluding hydrogens is 336 g/mol. The first kappa shape index (κ1) is 16.3. The number of carbonyl (C=O) groups excluding carboxylic acids is 2. The normalized spacial score (nSPS) is 19.6. The lowest BCUT2D eigenvalue weighted by molar-refractivity contribution is -0.131. The van der Waals surface area contributed by atoms with Crippen molar-refractivity contribution in [1.29, 1.82) is 0 Å². The van der Waals surface area contributed by atoms with Gasteiger partial charge in [-0.3, -0.25) is 9.59 Å². The predicted molar refractivity (Wildman–Crippen MR) is 96.0 cm³/mol. The van der Waals surface area contributed by atoms with Crippen LogP contribution in [0.1, 0.15) is 29.0 Å². The molecule has 5 nitrogen and oxygen atoms in total. The average molecular weight is 356 g/mol. The highest BCUT2D eigenvalue weighted by Crippen LogP contribution is 2.45. The molecule has 0 radical (unpaired) electrons. The Balaban J connectivity index is 1.47. The molecule has 2 aliphatic rings. The highest BCUT2D eigenvalue weighted by Gasteiger charge is 2.48. The Labute approximate surface area is 151 Å². The summed E-state index contributed by atoms with van der Waals surface area (Å²) in [7, 11) is 0. The summed E-state index contributed by atoms with van der Waals surface area (Å²) in [6.45, 7) is 1.93. The Hall–Kier alpha value is -2.21. The summed E-state index contributed by atoms with van der Waals surface area (Å²) < 4.78 is 5.22. The molecule has 2 amide bonds. The van der Waals surface area contributed by atoms with Gasteiger partial charge in [0.25, 0.3) is 5.91 Å². The number of rotatable bonds is 3. The lowest BCUT2D eigenvalue weighted by Gasteiger charge is -2.44. The van der Waals surface area contributed by atoms with Crippen LogP contribution in [-0.4, -0.2) is 45.3 Å². The Bertz CT molecular complexity index is 752. The molecule has 2 saturated heterocycles. The van der Waals surface area contributed by atoms with Gasteiger partial charge in [0.2, 0.25) is 5.91 Å². The summed E-state index contributed by atoms with van der Waals surface area (Å²) in [4.78, 5) is 28.6. The van der Waals surface area contributed by atoms with Gasteiger partial charge >= 0.3 is 0 Å². The number of piperidine rings is 1. The van der Waals surface area contributed by atoms with E-state index in [4.69, 9.17) is 4.42 Å². The van der Waals surface area contributed by atoms with Gasteiger partial charge in [-0.15, -0.1) is 11.8 Å². The van der Waals surface area contributed by atoms with Gasteiger partial charge in [0, 0.05) is 19.6 Å². The van der Waals surface area contributed by atoms with Crippen molar-refractivity contribution in [2.24, 2.45) is 0 Å². The van der Waals surface area contributed by atoms with Crippen LogP contribution < -0.4 is 0 Å². The van der Waals surface area contributed by atoms with Gasteiger partial charge < -0.3 is 14.2 Å². The number of amides is 2. The molecule has 6 heteroatoms. The van der Waals surface area contributed by atoms with Crippen LogP contribution >= 0.6 is 11.8 Å². The zero-order valence-electron chi connectivity index (χ0n) is 13.9. The second-order valence-electron chi connectivity index (χ2n) is 6.47. The van der Waals surface area contributed by atoms with Crippen LogP contribution in [0.15, 0.2) is 53.1 Å². The monoisotopic (exact) mass is 356 g/mol. The van der Waals surface area contributed by atoms with Crippen molar-refractivity contribution < 1.29 is 14.0 Å². The molecule has 0 N–H and O–H groups in total. The second-order valence-corrected chi connectivity index (χ2v) is 7.81. The van der Waals surface area contributed by atoms with E-state index in [0.717, 1.165) is 18.4 Å². The van der Waals surface area contributed by atoms with Crippen LogP contribution in [0.4, 0.5) is 0 Å². The van der Waals surface area contributed by atoms with E-state index in [1.807, 2.05) is 28.0 Å². The first-order chi connectivity index (χ1) is 12.2. The summed E-state index contributed by atoms with van der Waals surface area (Å²) in [5.41, 5.74) is 1.15. The Morgan fingerprint density at radius 1 is 1.12 bits per heavy atom. The number of thioether (sulfide) groups is 1. The van der Waals surface area contributed by atoms with Crippen LogP contribution in [-0.2, 0) is 11.3 Å². The van der Waals surface area contributed by atoms with E-state index in [1.54, 1.807) is 23.9 Å². The molecule has 2 aliphatic heterocycles. The lowest BCUT2D eigenvalue weighted by atomic mass is 10.0. The molecule has 3 heterocycles. The molecule has 1 aromatic carbocycles. The highest BCUT2D eigenvalue weighted by atomic mass is 32.2. The molecule has 2 aromatic rings. The fourth-order valence-electron chi connectivity index (χ4n) is 3.61. The number of benzene rings is 1. The van der Waals surface area contributed by atoms with E-state index in [1.165, 1.54) is 6.26 Å². The maximum Gasteiger partial charge on any atom is 0.289 e. The van der Waals surface area contributed by atoms with Crippen molar-refractivity contribution in [2.75, 3.05) is 18.8 Å². The summed E-state index contributed by atoms with van der Waals surface area (Å²) in [6, 6.07) is 13.5. The number of furan rings is 1. The third-order valence-electron chi connectivity index (χ3n) is 5.00.